The molecule has 0 radical (unpaired) electrons. The number of halogens is 5. The van der Waals surface area contributed by atoms with Gasteiger partial charge in [-0.05, 0) is 76.5 Å². The lowest BCUT2D eigenvalue weighted by molar-refractivity contribution is -0.140. The Kier molecular flexibility index (Phi) is 9.51. The molecule has 7 nitrogen and oxygen atoms in total. The van der Waals surface area contributed by atoms with Crippen molar-refractivity contribution >= 4 is 57.6 Å². The number of hydrogen-bond donors (Lipinski definition) is 0. The molecule has 0 amide bonds. The van der Waals surface area contributed by atoms with Gasteiger partial charge in [0.2, 0.25) is 0 Å². The van der Waals surface area contributed by atoms with E-state index >= 15 is 0 Å². The number of hydrogen-bond acceptors (Lipinski definition) is 7. The quantitative estimate of drug-likeness (QED) is 0.159. The van der Waals surface area contributed by atoms with Crippen molar-refractivity contribution in [3.8, 4) is 11.5 Å². The molecule has 44 heavy (non-hydrogen) atoms. The van der Waals surface area contributed by atoms with Gasteiger partial charge in [0.25, 0.3) is 5.56 Å². The molecule has 1 atom stereocenters. The number of thiazole rings is 1. The predicted octanol–water partition coefficient (Wildman–Crippen LogP) is 6.19. The summed E-state index contributed by atoms with van der Waals surface area (Å²) in [7, 11) is 1.49. The van der Waals surface area contributed by atoms with Gasteiger partial charge in [-0.3, -0.25) is 9.36 Å². The van der Waals surface area contributed by atoms with Crippen molar-refractivity contribution in [2.45, 2.75) is 25.7 Å². The van der Waals surface area contributed by atoms with E-state index in [4.69, 9.17) is 25.8 Å². The van der Waals surface area contributed by atoms with Gasteiger partial charge in [-0.25, -0.2) is 9.79 Å². The molecule has 1 aromatic heterocycles. The van der Waals surface area contributed by atoms with Crippen molar-refractivity contribution in [3.63, 3.8) is 0 Å². The summed E-state index contributed by atoms with van der Waals surface area (Å²) in [5, 5.41) is 0.332. The Morgan fingerprint density at radius 2 is 1.84 bits per heavy atom. The van der Waals surface area contributed by atoms with Crippen LogP contribution in [0.2, 0.25) is 5.02 Å². The first-order chi connectivity index (χ1) is 21.0. The van der Waals surface area contributed by atoms with Crippen molar-refractivity contribution in [3.05, 3.63) is 123 Å². The molecule has 228 valence electrons. The summed E-state index contributed by atoms with van der Waals surface area (Å²) in [5.41, 5.74) is -1.08. The molecule has 0 saturated carbocycles. The van der Waals surface area contributed by atoms with Crippen molar-refractivity contribution in [2.75, 3.05) is 13.7 Å². The van der Waals surface area contributed by atoms with Crippen LogP contribution in [0.1, 0.15) is 29.7 Å². The normalized spacial score (nSPS) is 15.1. The molecule has 0 saturated heterocycles. The van der Waals surface area contributed by atoms with Gasteiger partial charge in [-0.1, -0.05) is 65.4 Å². The van der Waals surface area contributed by atoms with Gasteiger partial charge in [0.15, 0.2) is 22.0 Å². The van der Waals surface area contributed by atoms with E-state index in [1.807, 2.05) is 30.3 Å². The topological polar surface area (TPSA) is 79.1 Å². The van der Waals surface area contributed by atoms with Gasteiger partial charge in [-0.2, -0.15) is 13.2 Å². The SMILES string of the molecule is CCOC(=O)C1=C(C(F)(F)F)N=c2s/c(=C\c3cc(I)c(OCc4ccccc4)c(OC)c3)c(=O)n2[C@@H]1c1ccc(Cl)cc1. The van der Waals surface area contributed by atoms with E-state index in [2.05, 4.69) is 27.6 Å². The highest BCUT2D eigenvalue weighted by molar-refractivity contribution is 14.1. The smallest absolute Gasteiger partial charge is 0.434 e. The molecule has 2 heterocycles. The van der Waals surface area contributed by atoms with Crippen LogP contribution in [0.25, 0.3) is 6.08 Å². The molecule has 3 aromatic carbocycles. The van der Waals surface area contributed by atoms with Crippen LogP contribution in [0.5, 0.6) is 11.5 Å². The van der Waals surface area contributed by atoms with E-state index in [9.17, 15) is 22.8 Å². The van der Waals surface area contributed by atoms with Gasteiger partial charge in [-0.15, -0.1) is 0 Å². The number of allylic oxidation sites excluding steroid dienone is 1. The first-order valence-electron chi connectivity index (χ1n) is 13.1. The Morgan fingerprint density at radius 1 is 1.14 bits per heavy atom. The number of benzene rings is 3. The first-order valence-corrected chi connectivity index (χ1v) is 15.4. The van der Waals surface area contributed by atoms with Crippen molar-refractivity contribution in [1.29, 1.82) is 0 Å². The Morgan fingerprint density at radius 3 is 2.48 bits per heavy atom. The van der Waals surface area contributed by atoms with Crippen LogP contribution in [0.15, 0.2) is 87.8 Å². The number of esters is 1. The first kappa shape index (κ1) is 31.8. The molecule has 0 aliphatic carbocycles. The fourth-order valence-corrected chi connectivity index (χ4v) is 6.55. The van der Waals surface area contributed by atoms with E-state index < -0.39 is 35.0 Å². The van der Waals surface area contributed by atoms with Crippen LogP contribution in [0, 0.1) is 3.57 Å². The standard InChI is InChI=1S/C31H23ClF3IN2O5S/c1-3-42-29(40)24-25(19-9-11-20(32)12-10-19)38-28(39)23(44-30(38)37-27(24)31(33,34)35)15-18-13-21(36)26(22(14-18)41-2)43-16-17-7-5-4-6-8-17/h4-15,25H,3,16H2,1-2H3/b23-15-/t25-/m1/s1. The predicted molar refractivity (Wildman–Crippen MR) is 169 cm³/mol. The van der Waals surface area contributed by atoms with E-state index in [-0.39, 0.29) is 21.5 Å². The van der Waals surface area contributed by atoms with E-state index in [0.29, 0.717) is 32.3 Å². The summed E-state index contributed by atoms with van der Waals surface area (Å²) >= 11 is 8.90. The Hall–Kier alpha value is -3.62. The van der Waals surface area contributed by atoms with Crippen molar-refractivity contribution < 1.29 is 32.2 Å². The molecular weight excluding hydrogens is 732 g/mol. The molecule has 13 heteroatoms. The molecule has 4 aromatic rings. The van der Waals surface area contributed by atoms with E-state index in [1.165, 1.54) is 44.4 Å². The maximum Gasteiger partial charge on any atom is 0.434 e. The Bertz CT molecular complexity index is 1920. The Balaban J connectivity index is 1.65. The van der Waals surface area contributed by atoms with Gasteiger partial charge < -0.3 is 14.2 Å². The van der Waals surface area contributed by atoms with Crippen LogP contribution in [-0.2, 0) is 16.1 Å². The maximum atomic E-state index is 14.3. The minimum absolute atomic E-state index is 0.102. The van der Waals surface area contributed by atoms with Crippen molar-refractivity contribution in [1.82, 2.24) is 4.57 Å². The minimum atomic E-state index is -5.00. The maximum absolute atomic E-state index is 14.3. The second kappa shape index (κ2) is 13.2. The summed E-state index contributed by atoms with van der Waals surface area (Å²) in [6.45, 7) is 1.61. The lowest BCUT2D eigenvalue weighted by atomic mass is 9.95. The zero-order valence-electron chi connectivity index (χ0n) is 23.2. The third-order valence-electron chi connectivity index (χ3n) is 6.56. The molecule has 1 aliphatic heterocycles. The third kappa shape index (κ3) is 6.57. The van der Waals surface area contributed by atoms with Crippen LogP contribution in [0.4, 0.5) is 13.2 Å². The fraction of sp³-hybridized carbons (Fsp3) is 0.194. The van der Waals surface area contributed by atoms with Crippen LogP contribution < -0.4 is 24.4 Å². The number of carbonyl (C=O) groups excluding carboxylic acids is 1. The highest BCUT2D eigenvalue weighted by Crippen LogP contribution is 2.39. The average Bonchev–Trinajstić information content (AvgIpc) is 3.30. The average molecular weight is 755 g/mol. The molecular formula is C31H23ClF3IN2O5S. The molecule has 0 spiro atoms. The Labute approximate surface area is 272 Å². The molecule has 0 N–H and O–H groups in total. The number of nitrogens with zero attached hydrogens (tertiary/aromatic N) is 2. The molecule has 0 bridgehead atoms. The van der Waals surface area contributed by atoms with Gasteiger partial charge in [0.1, 0.15) is 6.61 Å². The summed E-state index contributed by atoms with van der Waals surface area (Å²) in [4.78, 5) is 30.4. The molecule has 0 fully saturated rings. The van der Waals surface area contributed by atoms with E-state index in [0.717, 1.165) is 21.5 Å². The van der Waals surface area contributed by atoms with Gasteiger partial charge in [0.05, 0.1) is 33.4 Å². The van der Waals surface area contributed by atoms with Gasteiger partial charge in [0, 0.05) is 5.02 Å². The lowest BCUT2D eigenvalue weighted by Gasteiger charge is -2.26. The van der Waals surface area contributed by atoms with Gasteiger partial charge >= 0.3 is 12.1 Å². The summed E-state index contributed by atoms with van der Waals surface area (Å²) in [6.07, 6.45) is -3.46. The minimum Gasteiger partial charge on any atom is -0.493 e. The van der Waals surface area contributed by atoms with E-state index in [1.54, 1.807) is 12.1 Å². The summed E-state index contributed by atoms with van der Waals surface area (Å²) in [5.74, 6) is -0.301. The van der Waals surface area contributed by atoms with Crippen LogP contribution in [-0.4, -0.2) is 30.4 Å². The van der Waals surface area contributed by atoms with Crippen LogP contribution in [0.3, 0.4) is 0 Å². The van der Waals surface area contributed by atoms with Crippen molar-refractivity contribution in [2.24, 2.45) is 4.99 Å². The lowest BCUT2D eigenvalue weighted by Crippen LogP contribution is -2.41. The summed E-state index contributed by atoms with van der Waals surface area (Å²) in [6, 6.07) is 17.4. The monoisotopic (exact) mass is 754 g/mol. The van der Waals surface area contributed by atoms with Crippen LogP contribution >= 0.6 is 45.5 Å². The molecule has 0 unspecified atom stereocenters. The number of ether oxygens (including phenoxy) is 3. The number of fused-ring (bicyclic) bond motifs is 1. The number of methoxy groups -OCH3 is 1. The zero-order valence-corrected chi connectivity index (χ0v) is 26.9. The third-order valence-corrected chi connectivity index (χ3v) is 8.59. The molecule has 5 rings (SSSR count). The largest absolute Gasteiger partial charge is 0.493 e. The number of carbonyl (C=O) groups is 1. The number of alkyl halides is 3. The summed E-state index contributed by atoms with van der Waals surface area (Å²) < 4.78 is 61.5. The highest BCUT2D eigenvalue weighted by atomic mass is 127. The molecule has 1 aliphatic rings. The highest BCUT2D eigenvalue weighted by Gasteiger charge is 2.45. The number of rotatable bonds is 8. The number of aromatic nitrogens is 1. The second-order valence-corrected chi connectivity index (χ2v) is 12.0. The second-order valence-electron chi connectivity index (χ2n) is 9.42. The zero-order chi connectivity index (χ0) is 31.6. The fourth-order valence-electron chi connectivity index (χ4n) is 4.65.